The van der Waals surface area contributed by atoms with Crippen molar-refractivity contribution in [3.05, 3.63) is 36.0 Å². The van der Waals surface area contributed by atoms with E-state index in [2.05, 4.69) is 16.4 Å². The molecule has 144 valence electrons. The number of aliphatic carboxylic acids is 1. The van der Waals surface area contributed by atoms with Crippen molar-refractivity contribution in [2.24, 2.45) is 0 Å². The third-order valence-corrected chi connectivity index (χ3v) is 4.44. The number of carboxylic acid groups (broad SMARTS) is 1. The number of aromatic nitrogens is 1. The second kappa shape index (κ2) is 8.35. The molecule has 0 spiro atoms. The molecule has 2 heterocycles. The molecule has 1 aromatic carbocycles. The van der Waals surface area contributed by atoms with Crippen molar-refractivity contribution in [1.29, 1.82) is 5.26 Å². The Morgan fingerprint density at radius 1 is 1.36 bits per heavy atom. The number of fused-ring (bicyclic) bond motifs is 1. The first-order valence-electron chi connectivity index (χ1n) is 8.70. The Balaban J connectivity index is 1.73. The number of amides is 2. The van der Waals surface area contributed by atoms with Gasteiger partial charge in [0, 0.05) is 18.1 Å². The van der Waals surface area contributed by atoms with Crippen molar-refractivity contribution >= 4 is 28.7 Å². The van der Waals surface area contributed by atoms with E-state index in [1.165, 1.54) is 23.2 Å². The zero-order valence-electron chi connectivity index (χ0n) is 14.9. The van der Waals surface area contributed by atoms with Crippen LogP contribution >= 0.6 is 0 Å². The number of hydrogen-bond donors (Lipinski definition) is 2. The summed E-state index contributed by atoms with van der Waals surface area (Å²) in [5.41, 5.74) is 0.822. The Morgan fingerprint density at radius 2 is 2.18 bits per heavy atom. The van der Waals surface area contributed by atoms with E-state index >= 15 is 0 Å². The Kier molecular flexibility index (Phi) is 5.69. The fraction of sp³-hybridized carbons (Fsp3) is 0.316. The van der Waals surface area contributed by atoms with Crippen molar-refractivity contribution in [2.45, 2.75) is 18.9 Å². The first-order chi connectivity index (χ1) is 13.5. The molecule has 0 aliphatic carbocycles. The molecule has 0 saturated carbocycles. The highest BCUT2D eigenvalue weighted by Crippen LogP contribution is 2.23. The fourth-order valence-electron chi connectivity index (χ4n) is 3.11. The van der Waals surface area contributed by atoms with E-state index in [-0.39, 0.29) is 18.0 Å². The number of rotatable bonds is 6. The van der Waals surface area contributed by atoms with E-state index in [4.69, 9.17) is 15.1 Å². The van der Waals surface area contributed by atoms with E-state index < -0.39 is 24.5 Å². The lowest BCUT2D eigenvalue weighted by Gasteiger charge is -2.19. The molecule has 1 fully saturated rings. The molecule has 9 nitrogen and oxygen atoms in total. The molecule has 28 heavy (non-hydrogen) atoms. The predicted molar refractivity (Wildman–Crippen MR) is 97.6 cm³/mol. The normalized spacial score (nSPS) is 15.8. The number of carbonyl (C=O) groups excluding carboxylic acids is 2. The van der Waals surface area contributed by atoms with Crippen molar-refractivity contribution in [2.75, 3.05) is 19.7 Å². The van der Waals surface area contributed by atoms with Crippen LogP contribution in [-0.4, -0.2) is 58.5 Å². The standard InChI is InChI=1S/C19H18N4O5/c20-9-12-2-1-7-23(12)17(24)10-22-19(27)14-5-6-21-16-4-3-13(8-15(14)16)28-11-18(25)26/h3-6,8,12H,1-2,7,10-11H2,(H,22,27)(H,25,26). The third-order valence-electron chi connectivity index (χ3n) is 4.44. The summed E-state index contributed by atoms with van der Waals surface area (Å²) < 4.78 is 5.15. The van der Waals surface area contributed by atoms with Gasteiger partial charge < -0.3 is 20.1 Å². The zero-order chi connectivity index (χ0) is 20.1. The predicted octanol–water partition coefficient (Wildman–Crippen LogP) is 0.943. The molecule has 9 heteroatoms. The summed E-state index contributed by atoms with van der Waals surface area (Å²) in [6.45, 7) is -0.205. The number of benzene rings is 1. The maximum absolute atomic E-state index is 12.6. The Bertz CT molecular complexity index is 968. The number of likely N-dealkylation sites (tertiary alicyclic amines) is 1. The van der Waals surface area contributed by atoms with Gasteiger partial charge in [0.1, 0.15) is 11.8 Å². The monoisotopic (exact) mass is 382 g/mol. The summed E-state index contributed by atoms with van der Waals surface area (Å²) in [6.07, 6.45) is 2.89. The van der Waals surface area contributed by atoms with Gasteiger partial charge in [0.2, 0.25) is 5.91 Å². The number of carbonyl (C=O) groups is 3. The van der Waals surface area contributed by atoms with E-state index in [1.54, 1.807) is 12.1 Å². The van der Waals surface area contributed by atoms with Gasteiger partial charge in [-0.15, -0.1) is 0 Å². The van der Waals surface area contributed by atoms with Crippen LogP contribution in [0.5, 0.6) is 5.75 Å². The number of nitrogens with one attached hydrogen (secondary N) is 1. The van der Waals surface area contributed by atoms with Crippen molar-refractivity contribution in [3.63, 3.8) is 0 Å². The maximum Gasteiger partial charge on any atom is 0.341 e. The number of carboxylic acids is 1. The second-order valence-corrected chi connectivity index (χ2v) is 6.28. The summed E-state index contributed by atoms with van der Waals surface area (Å²) in [4.78, 5) is 41.2. The van der Waals surface area contributed by atoms with Crippen LogP contribution in [0.15, 0.2) is 30.5 Å². The van der Waals surface area contributed by atoms with Gasteiger partial charge in [0.05, 0.1) is 23.7 Å². The van der Waals surface area contributed by atoms with Crippen LogP contribution in [0, 0.1) is 11.3 Å². The lowest BCUT2D eigenvalue weighted by molar-refractivity contribution is -0.139. The number of nitrogens with zero attached hydrogens (tertiary/aromatic N) is 3. The number of hydrogen-bond acceptors (Lipinski definition) is 6. The van der Waals surface area contributed by atoms with Crippen LogP contribution in [0.2, 0.25) is 0 Å². The first kappa shape index (κ1) is 19.1. The lowest BCUT2D eigenvalue weighted by atomic mass is 10.1. The van der Waals surface area contributed by atoms with Gasteiger partial charge >= 0.3 is 5.97 Å². The van der Waals surface area contributed by atoms with Crippen LogP contribution in [0.25, 0.3) is 10.9 Å². The average Bonchev–Trinajstić information content (AvgIpc) is 3.18. The van der Waals surface area contributed by atoms with Gasteiger partial charge in [-0.05, 0) is 37.1 Å². The molecule has 1 saturated heterocycles. The Hall–Kier alpha value is -3.67. The van der Waals surface area contributed by atoms with Crippen molar-refractivity contribution in [1.82, 2.24) is 15.2 Å². The minimum Gasteiger partial charge on any atom is -0.482 e. The molecule has 1 aliphatic rings. The summed E-state index contributed by atoms with van der Waals surface area (Å²) in [5, 5.41) is 20.9. The van der Waals surface area contributed by atoms with E-state index in [1.807, 2.05) is 0 Å². The highest BCUT2D eigenvalue weighted by molar-refractivity contribution is 6.07. The highest BCUT2D eigenvalue weighted by atomic mass is 16.5. The number of ether oxygens (including phenoxy) is 1. The lowest BCUT2D eigenvalue weighted by Crippen LogP contribution is -2.42. The summed E-state index contributed by atoms with van der Waals surface area (Å²) in [5.74, 6) is -1.59. The molecular weight excluding hydrogens is 364 g/mol. The molecule has 1 aromatic heterocycles. The van der Waals surface area contributed by atoms with Gasteiger partial charge in [0.25, 0.3) is 5.91 Å². The molecule has 0 radical (unpaired) electrons. The average molecular weight is 382 g/mol. The molecule has 1 unspecified atom stereocenters. The number of pyridine rings is 1. The van der Waals surface area contributed by atoms with Crippen molar-refractivity contribution in [3.8, 4) is 11.8 Å². The molecule has 1 aliphatic heterocycles. The minimum absolute atomic E-state index is 0.212. The van der Waals surface area contributed by atoms with Gasteiger partial charge in [-0.1, -0.05) is 0 Å². The molecule has 2 N–H and O–H groups in total. The maximum atomic E-state index is 12.6. The van der Waals surface area contributed by atoms with E-state index in [9.17, 15) is 14.4 Å². The van der Waals surface area contributed by atoms with Gasteiger partial charge in [0.15, 0.2) is 6.61 Å². The molecule has 3 rings (SSSR count). The fourth-order valence-corrected chi connectivity index (χ4v) is 3.11. The summed E-state index contributed by atoms with van der Waals surface area (Å²) in [7, 11) is 0. The van der Waals surface area contributed by atoms with E-state index in [0.717, 1.165) is 6.42 Å². The molecule has 2 aromatic rings. The van der Waals surface area contributed by atoms with Gasteiger partial charge in [-0.25, -0.2) is 4.79 Å². The van der Waals surface area contributed by atoms with Crippen LogP contribution in [0.4, 0.5) is 0 Å². The molecule has 1 atom stereocenters. The second-order valence-electron chi connectivity index (χ2n) is 6.28. The van der Waals surface area contributed by atoms with E-state index in [0.29, 0.717) is 29.6 Å². The van der Waals surface area contributed by atoms with Crippen LogP contribution < -0.4 is 10.1 Å². The first-order valence-corrected chi connectivity index (χ1v) is 8.70. The quantitative estimate of drug-likeness (QED) is 0.760. The van der Waals surface area contributed by atoms with Crippen LogP contribution in [-0.2, 0) is 9.59 Å². The molecule has 2 amide bonds. The summed E-state index contributed by atoms with van der Waals surface area (Å²) >= 11 is 0. The minimum atomic E-state index is -1.11. The third kappa shape index (κ3) is 4.17. The molecular formula is C19H18N4O5. The van der Waals surface area contributed by atoms with Gasteiger partial charge in [-0.3, -0.25) is 14.6 Å². The van der Waals surface area contributed by atoms with Crippen LogP contribution in [0.3, 0.4) is 0 Å². The largest absolute Gasteiger partial charge is 0.482 e. The zero-order valence-corrected chi connectivity index (χ0v) is 14.9. The molecule has 0 bridgehead atoms. The van der Waals surface area contributed by atoms with Gasteiger partial charge in [-0.2, -0.15) is 5.26 Å². The number of nitriles is 1. The van der Waals surface area contributed by atoms with Crippen molar-refractivity contribution < 1.29 is 24.2 Å². The SMILES string of the molecule is N#CC1CCCN1C(=O)CNC(=O)c1ccnc2ccc(OCC(=O)O)cc12. The Morgan fingerprint density at radius 3 is 2.93 bits per heavy atom. The topological polar surface area (TPSA) is 133 Å². The highest BCUT2D eigenvalue weighted by Gasteiger charge is 2.28. The summed E-state index contributed by atoms with van der Waals surface area (Å²) in [6, 6.07) is 7.89. The van der Waals surface area contributed by atoms with Crippen LogP contribution in [0.1, 0.15) is 23.2 Å². The Labute approximate surface area is 160 Å². The smallest absolute Gasteiger partial charge is 0.341 e.